The van der Waals surface area contributed by atoms with Crippen molar-refractivity contribution in [2.75, 3.05) is 6.26 Å². The van der Waals surface area contributed by atoms with Crippen molar-refractivity contribution in [2.45, 2.75) is 11.4 Å². The van der Waals surface area contributed by atoms with Gasteiger partial charge in [-0.15, -0.1) is 0 Å². The van der Waals surface area contributed by atoms with Gasteiger partial charge >= 0.3 is 0 Å². The Morgan fingerprint density at radius 2 is 2.00 bits per heavy atom. The first-order valence-corrected chi connectivity index (χ1v) is 8.87. The minimum absolute atomic E-state index is 0.0583. The van der Waals surface area contributed by atoms with E-state index < -0.39 is 27.5 Å². The van der Waals surface area contributed by atoms with E-state index in [-0.39, 0.29) is 17.0 Å². The van der Waals surface area contributed by atoms with Crippen molar-refractivity contribution in [3.05, 3.63) is 74.0 Å². The lowest BCUT2D eigenvalue weighted by Gasteiger charge is -2.10. The van der Waals surface area contributed by atoms with Crippen LogP contribution in [0.5, 0.6) is 5.75 Å². The Hall–Kier alpha value is -2.38. The number of benzene rings is 1. The van der Waals surface area contributed by atoms with Crippen molar-refractivity contribution in [1.82, 2.24) is 8.97 Å². The normalized spacial score (nSPS) is 12.4. The summed E-state index contributed by atoms with van der Waals surface area (Å²) in [6.07, 6.45) is 5.70. The molecule has 0 bridgehead atoms. The third-order valence-corrected chi connectivity index (χ3v) is 4.75. The number of rotatable bonds is 3. The molecule has 0 aliphatic rings. The molecular formula is C16H13ClN2O4S. The molecule has 6 nitrogen and oxygen atoms in total. The van der Waals surface area contributed by atoms with Crippen molar-refractivity contribution < 1.29 is 9.32 Å². The molecule has 1 N–H and O–H groups in total. The van der Waals surface area contributed by atoms with E-state index in [0.29, 0.717) is 5.02 Å². The number of fused-ring (bicyclic) bond motifs is 1. The molecule has 0 spiro atoms. The fourth-order valence-corrected chi connectivity index (χ4v) is 3.28. The zero-order chi connectivity index (χ0) is 17.4. The highest BCUT2D eigenvalue weighted by Crippen LogP contribution is 2.14. The number of nitrogens with zero attached hydrogens (tertiary/aromatic N) is 2. The maximum Gasteiger partial charge on any atom is 0.279 e. The molecule has 0 saturated carbocycles. The van der Waals surface area contributed by atoms with Crippen molar-refractivity contribution in [3.8, 4) is 5.75 Å². The zero-order valence-electron chi connectivity index (χ0n) is 12.6. The highest BCUT2D eigenvalue weighted by Gasteiger charge is 2.16. The summed E-state index contributed by atoms with van der Waals surface area (Å²) in [7, 11) is -1.57. The summed E-state index contributed by atoms with van der Waals surface area (Å²) < 4.78 is 14.3. The first-order valence-electron chi connectivity index (χ1n) is 6.93. The van der Waals surface area contributed by atoms with E-state index in [1.807, 2.05) is 6.07 Å². The Bertz CT molecular complexity index is 1090. The first kappa shape index (κ1) is 16.5. The van der Waals surface area contributed by atoms with E-state index in [1.54, 1.807) is 18.2 Å². The molecule has 1 aromatic carbocycles. The average molecular weight is 365 g/mol. The number of halogens is 1. The number of hydrogen-bond acceptors (Lipinski definition) is 4. The quantitative estimate of drug-likeness (QED) is 0.765. The maximum atomic E-state index is 12.6. The van der Waals surface area contributed by atoms with Gasteiger partial charge in [-0.1, -0.05) is 23.7 Å². The van der Waals surface area contributed by atoms with E-state index in [1.165, 1.54) is 33.8 Å². The van der Waals surface area contributed by atoms with Gasteiger partial charge in [-0.3, -0.25) is 13.8 Å². The lowest BCUT2D eigenvalue weighted by atomic mass is 10.2. The van der Waals surface area contributed by atoms with Crippen LogP contribution in [0.15, 0.2) is 57.3 Å². The summed E-state index contributed by atoms with van der Waals surface area (Å²) in [6, 6.07) is 7.05. The van der Waals surface area contributed by atoms with E-state index in [9.17, 15) is 18.9 Å². The molecule has 124 valence electrons. The Labute approximate surface area is 144 Å². The summed E-state index contributed by atoms with van der Waals surface area (Å²) in [4.78, 5) is 24.6. The Morgan fingerprint density at radius 1 is 1.25 bits per heavy atom. The predicted octanol–water partition coefficient (Wildman–Crippen LogP) is 1.61. The number of aromatic nitrogens is 2. The monoisotopic (exact) mass is 364 g/mol. The number of pyridine rings is 1. The second-order valence-corrected chi connectivity index (χ2v) is 7.03. The zero-order valence-corrected chi connectivity index (χ0v) is 14.2. The van der Waals surface area contributed by atoms with Gasteiger partial charge in [0, 0.05) is 29.9 Å². The third kappa shape index (κ3) is 2.88. The third-order valence-electron chi connectivity index (χ3n) is 3.60. The molecule has 1 unspecified atom stereocenters. The van der Waals surface area contributed by atoms with Crippen LogP contribution in [-0.4, -0.2) is 24.5 Å². The van der Waals surface area contributed by atoms with Gasteiger partial charge in [0.15, 0.2) is 11.3 Å². The van der Waals surface area contributed by atoms with Gasteiger partial charge in [-0.05, 0) is 17.7 Å². The van der Waals surface area contributed by atoms with Gasteiger partial charge < -0.3 is 14.1 Å². The van der Waals surface area contributed by atoms with Crippen LogP contribution >= 0.6 is 11.6 Å². The molecular weight excluding hydrogens is 352 g/mol. The number of hydrogen-bond donors (Lipinski definition) is 1. The molecule has 0 aliphatic carbocycles. The van der Waals surface area contributed by atoms with Crippen LogP contribution in [0.3, 0.4) is 0 Å². The topological polar surface area (TPSA) is 80.8 Å². The molecule has 0 amide bonds. The summed E-state index contributed by atoms with van der Waals surface area (Å²) in [6.45, 7) is 0.241. The highest BCUT2D eigenvalue weighted by atomic mass is 35.5. The van der Waals surface area contributed by atoms with Gasteiger partial charge in [0.2, 0.25) is 5.43 Å². The van der Waals surface area contributed by atoms with Crippen molar-refractivity contribution in [3.63, 3.8) is 0 Å². The summed E-state index contributed by atoms with van der Waals surface area (Å²) in [5.41, 5.74) is -0.672. The van der Waals surface area contributed by atoms with Crippen LogP contribution in [0.4, 0.5) is 0 Å². The largest absolute Gasteiger partial charge is 0.503 e. The van der Waals surface area contributed by atoms with Crippen LogP contribution in [0.25, 0.3) is 5.52 Å². The van der Waals surface area contributed by atoms with Gasteiger partial charge in [-0.25, -0.2) is 0 Å². The van der Waals surface area contributed by atoms with Gasteiger partial charge in [-0.2, -0.15) is 0 Å². The Morgan fingerprint density at radius 3 is 2.67 bits per heavy atom. The molecule has 0 fully saturated rings. The maximum absolute atomic E-state index is 12.6. The second-order valence-electron chi connectivity index (χ2n) is 5.24. The van der Waals surface area contributed by atoms with Crippen molar-refractivity contribution in [2.24, 2.45) is 0 Å². The van der Waals surface area contributed by atoms with E-state index in [0.717, 1.165) is 5.56 Å². The minimum Gasteiger partial charge on any atom is -0.503 e. The molecule has 1 atom stereocenters. The van der Waals surface area contributed by atoms with Gasteiger partial charge in [0.05, 0.1) is 17.3 Å². The van der Waals surface area contributed by atoms with E-state index in [2.05, 4.69) is 0 Å². The van der Waals surface area contributed by atoms with Crippen LogP contribution < -0.4 is 11.0 Å². The lowest BCUT2D eigenvalue weighted by molar-refractivity contribution is 0.469. The molecule has 24 heavy (non-hydrogen) atoms. The first-order chi connectivity index (χ1) is 11.4. The SMILES string of the molecule is CS(=O)c1cn2ccn(Cc3cccc(Cl)c3)c(=O)c2c(O)c1=O. The molecule has 3 aromatic rings. The van der Waals surface area contributed by atoms with Crippen molar-refractivity contribution >= 4 is 27.9 Å². The minimum atomic E-state index is -1.57. The fourth-order valence-electron chi connectivity index (χ4n) is 2.44. The average Bonchev–Trinajstić information content (AvgIpc) is 2.53. The molecule has 8 heteroatoms. The number of aromatic hydroxyl groups is 1. The van der Waals surface area contributed by atoms with Crippen LogP contribution in [0.2, 0.25) is 5.02 Å². The molecule has 2 aromatic heterocycles. The summed E-state index contributed by atoms with van der Waals surface area (Å²) in [5.74, 6) is -0.701. The fraction of sp³-hybridized carbons (Fsp3) is 0.125. The summed E-state index contributed by atoms with van der Waals surface area (Å²) in [5, 5.41) is 10.7. The van der Waals surface area contributed by atoms with Gasteiger partial charge in [0.1, 0.15) is 4.90 Å². The highest BCUT2D eigenvalue weighted by molar-refractivity contribution is 7.84. The molecule has 0 saturated heterocycles. The van der Waals surface area contributed by atoms with Crippen LogP contribution in [0, 0.1) is 0 Å². The molecule has 0 aliphatic heterocycles. The Balaban J connectivity index is 2.20. The van der Waals surface area contributed by atoms with Gasteiger partial charge in [0.25, 0.3) is 5.56 Å². The smallest absolute Gasteiger partial charge is 0.279 e. The standard InChI is InChI=1S/C16H13ClN2O4S/c1-24(23)12-9-18-5-6-19(8-10-3-2-4-11(17)7-10)16(22)13(18)15(21)14(12)20/h2-7,9,21H,8H2,1H3. The second kappa shape index (κ2) is 6.26. The van der Waals surface area contributed by atoms with Crippen molar-refractivity contribution in [1.29, 1.82) is 0 Å². The molecule has 2 heterocycles. The van der Waals surface area contributed by atoms with E-state index in [4.69, 9.17) is 11.6 Å². The Kier molecular flexibility index (Phi) is 4.29. The molecule has 0 radical (unpaired) electrons. The molecule has 3 rings (SSSR count). The predicted molar refractivity (Wildman–Crippen MR) is 92.5 cm³/mol. The van der Waals surface area contributed by atoms with Crippen LogP contribution in [0.1, 0.15) is 5.56 Å². The summed E-state index contributed by atoms with van der Waals surface area (Å²) >= 11 is 5.94. The lowest BCUT2D eigenvalue weighted by Crippen LogP contribution is -2.25. The van der Waals surface area contributed by atoms with E-state index >= 15 is 0 Å². The van der Waals surface area contributed by atoms with Crippen LogP contribution in [-0.2, 0) is 17.3 Å².